The van der Waals surface area contributed by atoms with Crippen molar-refractivity contribution in [2.45, 2.75) is 45.1 Å². The summed E-state index contributed by atoms with van der Waals surface area (Å²) in [5.74, 6) is 0.161. The van der Waals surface area contributed by atoms with Gasteiger partial charge in [0.15, 0.2) is 0 Å². The van der Waals surface area contributed by atoms with E-state index in [0.29, 0.717) is 18.3 Å². The van der Waals surface area contributed by atoms with Gasteiger partial charge in [0.2, 0.25) is 6.10 Å². The molecule has 2 aliphatic rings. The van der Waals surface area contributed by atoms with Gasteiger partial charge < -0.3 is 9.94 Å². The van der Waals surface area contributed by atoms with E-state index >= 15 is 0 Å². The Hall–Kier alpha value is -1.06. The molecule has 0 bridgehead atoms. The van der Waals surface area contributed by atoms with E-state index in [1.54, 1.807) is 0 Å². The van der Waals surface area contributed by atoms with E-state index in [2.05, 4.69) is 12.1 Å². The van der Waals surface area contributed by atoms with Gasteiger partial charge in [0.1, 0.15) is 0 Å². The van der Waals surface area contributed by atoms with Crippen molar-refractivity contribution in [3.63, 3.8) is 0 Å². The quantitative estimate of drug-likeness (QED) is 0.760. The van der Waals surface area contributed by atoms with Gasteiger partial charge in [0.05, 0.1) is 5.71 Å². The highest BCUT2D eigenvalue weighted by Gasteiger charge is 2.34. The molecular weight excluding hydrogens is 194 g/mol. The Morgan fingerprint density at radius 3 is 2.80 bits per heavy atom. The molecule has 1 aliphatic heterocycles. The highest BCUT2D eigenvalue weighted by atomic mass is 16.7. The number of rotatable bonds is 2. The van der Waals surface area contributed by atoms with E-state index in [-0.39, 0.29) is 0 Å². The third-order valence-corrected chi connectivity index (χ3v) is 3.51. The largest absolute Gasteiger partial charge is 0.478 e. The van der Waals surface area contributed by atoms with Crippen molar-refractivity contribution in [2.75, 3.05) is 0 Å². The fourth-order valence-corrected chi connectivity index (χ4v) is 2.56. The first-order chi connectivity index (χ1) is 7.18. The summed E-state index contributed by atoms with van der Waals surface area (Å²) in [4.78, 5) is 15.6. The predicted molar refractivity (Wildman–Crippen MR) is 55.7 cm³/mol. The number of oxime groups is 1. The number of carboxylic acid groups (broad SMARTS) is 1. The van der Waals surface area contributed by atoms with Crippen molar-refractivity contribution in [2.24, 2.45) is 17.0 Å². The van der Waals surface area contributed by atoms with Gasteiger partial charge in [0.25, 0.3) is 0 Å². The van der Waals surface area contributed by atoms with E-state index in [4.69, 9.17) is 9.94 Å². The van der Waals surface area contributed by atoms with Crippen LogP contribution in [-0.2, 0) is 9.63 Å². The lowest BCUT2D eigenvalue weighted by molar-refractivity contribution is -0.148. The van der Waals surface area contributed by atoms with Crippen molar-refractivity contribution in [3.05, 3.63) is 0 Å². The van der Waals surface area contributed by atoms with Gasteiger partial charge in [-0.2, -0.15) is 0 Å². The van der Waals surface area contributed by atoms with Crippen LogP contribution in [0.3, 0.4) is 0 Å². The molecule has 4 heteroatoms. The van der Waals surface area contributed by atoms with E-state index < -0.39 is 12.1 Å². The Kier molecular flexibility index (Phi) is 2.93. The minimum Gasteiger partial charge on any atom is -0.478 e. The SMILES string of the molecule is CC1CCCCC1C1=NOC(C(=O)O)C1. The molecule has 0 radical (unpaired) electrons. The van der Waals surface area contributed by atoms with Crippen LogP contribution in [0.15, 0.2) is 5.16 Å². The molecule has 0 aromatic carbocycles. The number of hydrogen-bond donors (Lipinski definition) is 1. The standard InChI is InChI=1S/C11H17NO3/c1-7-4-2-3-5-8(7)9-6-10(11(13)14)15-12-9/h7-8,10H,2-6H2,1H3,(H,13,14). The second-order valence-corrected chi connectivity index (χ2v) is 4.59. The molecule has 3 unspecified atom stereocenters. The smallest absolute Gasteiger partial charge is 0.348 e. The van der Waals surface area contributed by atoms with Crippen LogP contribution in [0.1, 0.15) is 39.0 Å². The van der Waals surface area contributed by atoms with Gasteiger partial charge >= 0.3 is 5.97 Å². The Bertz CT molecular complexity index is 288. The fraction of sp³-hybridized carbons (Fsp3) is 0.818. The molecular formula is C11H17NO3. The zero-order valence-corrected chi connectivity index (χ0v) is 8.98. The summed E-state index contributed by atoms with van der Waals surface area (Å²) >= 11 is 0. The third kappa shape index (κ3) is 2.13. The molecule has 1 aliphatic carbocycles. The Morgan fingerprint density at radius 2 is 2.20 bits per heavy atom. The van der Waals surface area contributed by atoms with E-state index in [9.17, 15) is 4.79 Å². The van der Waals surface area contributed by atoms with E-state index in [1.807, 2.05) is 0 Å². The first-order valence-corrected chi connectivity index (χ1v) is 5.64. The topological polar surface area (TPSA) is 58.9 Å². The maximum absolute atomic E-state index is 10.7. The first kappa shape index (κ1) is 10.5. The number of nitrogens with zero attached hydrogens (tertiary/aromatic N) is 1. The molecule has 1 fully saturated rings. The molecule has 0 aromatic heterocycles. The Balaban J connectivity index is 1.97. The van der Waals surface area contributed by atoms with Crippen LogP contribution in [0.2, 0.25) is 0 Å². The van der Waals surface area contributed by atoms with Gasteiger partial charge in [-0.25, -0.2) is 4.79 Å². The van der Waals surface area contributed by atoms with Crippen LogP contribution in [0, 0.1) is 11.8 Å². The molecule has 4 nitrogen and oxygen atoms in total. The van der Waals surface area contributed by atoms with Crippen LogP contribution in [-0.4, -0.2) is 22.9 Å². The number of carboxylic acids is 1. The summed E-state index contributed by atoms with van der Waals surface area (Å²) in [5.41, 5.74) is 0.967. The average molecular weight is 211 g/mol. The summed E-state index contributed by atoms with van der Waals surface area (Å²) in [6.45, 7) is 2.22. The van der Waals surface area contributed by atoms with Crippen LogP contribution in [0.25, 0.3) is 0 Å². The lowest BCUT2D eigenvalue weighted by atomic mass is 9.77. The van der Waals surface area contributed by atoms with Gasteiger partial charge in [-0.3, -0.25) is 0 Å². The van der Waals surface area contributed by atoms with E-state index in [0.717, 1.165) is 12.1 Å². The predicted octanol–water partition coefficient (Wildman–Crippen LogP) is 2.04. The number of aliphatic carboxylic acids is 1. The van der Waals surface area contributed by atoms with Crippen molar-refractivity contribution in [1.82, 2.24) is 0 Å². The molecule has 1 heterocycles. The summed E-state index contributed by atoms with van der Waals surface area (Å²) in [7, 11) is 0. The van der Waals surface area contributed by atoms with Crippen molar-refractivity contribution in [3.8, 4) is 0 Å². The Morgan fingerprint density at radius 1 is 1.47 bits per heavy atom. The van der Waals surface area contributed by atoms with Crippen molar-refractivity contribution < 1.29 is 14.7 Å². The zero-order valence-electron chi connectivity index (χ0n) is 8.98. The summed E-state index contributed by atoms with van der Waals surface area (Å²) in [5, 5.41) is 12.7. The molecule has 0 saturated heterocycles. The minimum absolute atomic E-state index is 0.447. The van der Waals surface area contributed by atoms with E-state index in [1.165, 1.54) is 19.3 Å². The van der Waals surface area contributed by atoms with Crippen LogP contribution >= 0.6 is 0 Å². The lowest BCUT2D eigenvalue weighted by Gasteiger charge is -2.27. The molecule has 1 N–H and O–H groups in total. The summed E-state index contributed by atoms with van der Waals surface area (Å²) in [6.07, 6.45) is 4.61. The number of carbonyl (C=O) groups is 1. The first-order valence-electron chi connectivity index (χ1n) is 5.64. The lowest BCUT2D eigenvalue weighted by Crippen LogP contribution is -2.27. The third-order valence-electron chi connectivity index (χ3n) is 3.51. The molecule has 1 saturated carbocycles. The van der Waals surface area contributed by atoms with Crippen LogP contribution in [0.4, 0.5) is 0 Å². The molecule has 0 spiro atoms. The van der Waals surface area contributed by atoms with Crippen molar-refractivity contribution in [1.29, 1.82) is 0 Å². The second-order valence-electron chi connectivity index (χ2n) is 4.59. The van der Waals surface area contributed by atoms with Crippen LogP contribution < -0.4 is 0 Å². The van der Waals surface area contributed by atoms with Gasteiger partial charge in [-0.1, -0.05) is 31.3 Å². The molecule has 84 valence electrons. The van der Waals surface area contributed by atoms with Gasteiger partial charge in [-0.05, 0) is 12.3 Å². The monoisotopic (exact) mass is 211 g/mol. The van der Waals surface area contributed by atoms with Crippen LogP contribution in [0.5, 0.6) is 0 Å². The van der Waals surface area contributed by atoms with Gasteiger partial charge in [0, 0.05) is 12.3 Å². The maximum atomic E-state index is 10.7. The molecule has 15 heavy (non-hydrogen) atoms. The van der Waals surface area contributed by atoms with Crippen molar-refractivity contribution >= 4 is 11.7 Å². The normalized spacial score (nSPS) is 35.8. The van der Waals surface area contributed by atoms with Gasteiger partial charge in [-0.15, -0.1) is 0 Å². The molecule has 3 atom stereocenters. The molecule has 2 rings (SSSR count). The zero-order chi connectivity index (χ0) is 10.8. The number of hydrogen-bond acceptors (Lipinski definition) is 3. The molecule has 0 amide bonds. The average Bonchev–Trinajstić information content (AvgIpc) is 2.67. The fourth-order valence-electron chi connectivity index (χ4n) is 2.56. The maximum Gasteiger partial charge on any atom is 0.348 e. The highest BCUT2D eigenvalue weighted by molar-refractivity contribution is 5.92. The summed E-state index contributed by atoms with van der Waals surface area (Å²) < 4.78 is 0. The Labute approximate surface area is 89.3 Å². The second kappa shape index (κ2) is 4.21. The highest BCUT2D eigenvalue weighted by Crippen LogP contribution is 2.33. The molecule has 0 aromatic rings. The minimum atomic E-state index is -0.905. The summed E-state index contributed by atoms with van der Waals surface area (Å²) in [6, 6.07) is 0.